The highest BCUT2D eigenvalue weighted by Crippen LogP contribution is 2.36. The van der Waals surface area contributed by atoms with Crippen molar-refractivity contribution in [1.82, 2.24) is 5.32 Å². The molecule has 0 atom stereocenters. The maximum Gasteiger partial charge on any atom is 0.253 e. The highest BCUT2D eigenvalue weighted by molar-refractivity contribution is 6.03. The van der Waals surface area contributed by atoms with Crippen molar-refractivity contribution in [3.8, 4) is 12.3 Å². The number of nitrogens with zero attached hydrogens (tertiary/aromatic N) is 2. The molecule has 1 aliphatic rings. The smallest absolute Gasteiger partial charge is 0.253 e. The molecule has 1 aromatic carbocycles. The van der Waals surface area contributed by atoms with Crippen LogP contribution in [0.15, 0.2) is 28.4 Å². The quantitative estimate of drug-likeness (QED) is 0.628. The number of hydrogen-bond acceptors (Lipinski definition) is 5. The Morgan fingerprint density at radius 3 is 2.77 bits per heavy atom. The van der Waals surface area contributed by atoms with E-state index in [1.807, 2.05) is 0 Å². The van der Waals surface area contributed by atoms with Crippen LogP contribution in [-0.4, -0.2) is 37.7 Å². The summed E-state index contributed by atoms with van der Waals surface area (Å²) in [6.45, 7) is 0.561. The number of ether oxygens (including phenoxy) is 1. The number of carbonyl (C=O) groups is 2. The van der Waals surface area contributed by atoms with E-state index >= 15 is 0 Å². The molecule has 0 spiro atoms. The second kappa shape index (κ2) is 9.06. The molecular weight excluding hydrogens is 339 g/mol. The molecule has 0 bridgehead atoms. The lowest BCUT2D eigenvalue weighted by Gasteiger charge is -2.13. The first-order valence-electron chi connectivity index (χ1n) is 8.24. The number of nitrogens with one attached hydrogen (secondary N) is 2. The maximum absolute atomic E-state index is 13.5. The Balaban J connectivity index is 1.94. The molecule has 7 nitrogen and oxygen atoms in total. The Kier molecular flexibility index (Phi) is 6.81. The summed E-state index contributed by atoms with van der Waals surface area (Å²) in [5.41, 5.74) is -0.204. The molecule has 2 amide bonds. The van der Waals surface area contributed by atoms with Crippen LogP contribution in [0.4, 0.5) is 10.1 Å². The van der Waals surface area contributed by atoms with Crippen LogP contribution in [0.3, 0.4) is 0 Å². The van der Waals surface area contributed by atoms with Gasteiger partial charge in [0.25, 0.3) is 5.91 Å². The first kappa shape index (κ1) is 19.5. The Bertz CT molecular complexity index is 736. The summed E-state index contributed by atoms with van der Waals surface area (Å²) in [4.78, 5) is 24.2. The third kappa shape index (κ3) is 5.63. The van der Waals surface area contributed by atoms with Gasteiger partial charge in [0.05, 0.1) is 24.3 Å². The largest absolute Gasteiger partial charge is 0.384 e. The fourth-order valence-electron chi connectivity index (χ4n) is 2.36. The fourth-order valence-corrected chi connectivity index (χ4v) is 2.36. The molecule has 1 aliphatic heterocycles. The van der Waals surface area contributed by atoms with Crippen LogP contribution < -0.4 is 10.6 Å². The van der Waals surface area contributed by atoms with Crippen LogP contribution in [0.5, 0.6) is 0 Å². The van der Waals surface area contributed by atoms with E-state index in [2.05, 4.69) is 26.8 Å². The van der Waals surface area contributed by atoms with Gasteiger partial charge in [-0.2, -0.15) is 10.2 Å². The van der Waals surface area contributed by atoms with E-state index in [1.165, 1.54) is 19.2 Å². The lowest BCUT2D eigenvalue weighted by Crippen LogP contribution is -2.29. The van der Waals surface area contributed by atoms with Crippen LogP contribution in [0, 0.1) is 18.2 Å². The molecule has 2 rings (SSSR count). The second-order valence-corrected chi connectivity index (χ2v) is 5.87. The third-order valence-electron chi connectivity index (χ3n) is 3.90. The van der Waals surface area contributed by atoms with Gasteiger partial charge in [0, 0.05) is 32.9 Å². The highest BCUT2D eigenvalue weighted by Gasteiger charge is 2.38. The van der Waals surface area contributed by atoms with E-state index in [9.17, 15) is 14.0 Å². The van der Waals surface area contributed by atoms with Gasteiger partial charge in [-0.15, -0.1) is 12.3 Å². The predicted molar refractivity (Wildman–Crippen MR) is 94.1 cm³/mol. The summed E-state index contributed by atoms with van der Waals surface area (Å²) in [5.74, 6) is 1.16. The zero-order chi connectivity index (χ0) is 19.0. The number of carbonyl (C=O) groups excluding carboxylic acids is 2. The number of rotatable bonds is 10. The molecular formula is C18H21FN4O3. The van der Waals surface area contributed by atoms with E-state index in [0.717, 1.165) is 6.07 Å². The van der Waals surface area contributed by atoms with Crippen molar-refractivity contribution in [3.05, 3.63) is 29.6 Å². The minimum atomic E-state index is -0.567. The summed E-state index contributed by atoms with van der Waals surface area (Å²) in [5, 5.41) is 13.3. The zero-order valence-corrected chi connectivity index (χ0v) is 14.5. The van der Waals surface area contributed by atoms with Gasteiger partial charge in [-0.3, -0.25) is 9.59 Å². The number of halogens is 1. The maximum atomic E-state index is 13.5. The van der Waals surface area contributed by atoms with Gasteiger partial charge in [-0.05, 0) is 18.2 Å². The van der Waals surface area contributed by atoms with Crippen molar-refractivity contribution < 1.29 is 18.7 Å². The molecule has 0 unspecified atom stereocenters. The van der Waals surface area contributed by atoms with Crippen molar-refractivity contribution in [2.75, 3.05) is 25.6 Å². The molecule has 2 N–H and O–H groups in total. The van der Waals surface area contributed by atoms with Gasteiger partial charge in [-0.25, -0.2) is 4.39 Å². The molecule has 8 heteroatoms. The SMILES string of the molecule is C#CCCC1(CCNC(=O)c2cc(F)ccc2NC(=O)CCOC)N=N1. The van der Waals surface area contributed by atoms with Crippen LogP contribution >= 0.6 is 0 Å². The number of benzene rings is 1. The minimum absolute atomic E-state index is 0.0538. The summed E-state index contributed by atoms with van der Waals surface area (Å²) in [6, 6.07) is 3.62. The number of hydrogen-bond donors (Lipinski definition) is 2. The standard InChI is InChI=1S/C18H21FN4O3/c1-3-4-8-18(22-23-18)9-10-20-17(25)14-12-13(19)5-6-15(14)21-16(24)7-11-26-2/h1,5-6,12H,4,7-11H2,2H3,(H,20,25)(H,21,24). The Morgan fingerprint density at radius 2 is 2.12 bits per heavy atom. The Labute approximate surface area is 151 Å². The zero-order valence-electron chi connectivity index (χ0n) is 14.5. The third-order valence-corrected chi connectivity index (χ3v) is 3.90. The van der Waals surface area contributed by atoms with Gasteiger partial charge in [0.2, 0.25) is 5.91 Å². The lowest BCUT2D eigenvalue weighted by atomic mass is 10.0. The van der Waals surface area contributed by atoms with Crippen molar-refractivity contribution in [2.45, 2.75) is 31.3 Å². The van der Waals surface area contributed by atoms with Gasteiger partial charge in [0.15, 0.2) is 5.66 Å². The number of terminal acetylenes is 1. The molecule has 0 fully saturated rings. The van der Waals surface area contributed by atoms with E-state index in [0.29, 0.717) is 25.8 Å². The monoisotopic (exact) mass is 360 g/mol. The van der Waals surface area contributed by atoms with Gasteiger partial charge < -0.3 is 15.4 Å². The van der Waals surface area contributed by atoms with E-state index < -0.39 is 17.4 Å². The first-order valence-corrected chi connectivity index (χ1v) is 8.24. The van der Waals surface area contributed by atoms with Gasteiger partial charge in [0.1, 0.15) is 5.82 Å². The van der Waals surface area contributed by atoms with E-state index in [-0.39, 0.29) is 30.2 Å². The van der Waals surface area contributed by atoms with Gasteiger partial charge in [-0.1, -0.05) is 0 Å². The van der Waals surface area contributed by atoms with Gasteiger partial charge >= 0.3 is 0 Å². The molecule has 0 saturated carbocycles. The summed E-state index contributed by atoms with van der Waals surface area (Å²) in [6.07, 6.45) is 7.09. The summed E-state index contributed by atoms with van der Waals surface area (Å²) < 4.78 is 18.4. The normalized spacial score (nSPS) is 13.7. The number of anilines is 1. The van der Waals surface area contributed by atoms with E-state index in [1.54, 1.807) is 0 Å². The molecule has 0 saturated heterocycles. The Hall–Kier alpha value is -2.79. The second-order valence-electron chi connectivity index (χ2n) is 5.87. The summed E-state index contributed by atoms with van der Waals surface area (Å²) >= 11 is 0. The average molecular weight is 360 g/mol. The molecule has 0 radical (unpaired) electrons. The number of methoxy groups -OCH3 is 1. The van der Waals surface area contributed by atoms with Crippen LogP contribution in [0.2, 0.25) is 0 Å². The fraction of sp³-hybridized carbons (Fsp3) is 0.444. The molecule has 0 aromatic heterocycles. The van der Waals surface area contributed by atoms with E-state index in [4.69, 9.17) is 11.2 Å². The van der Waals surface area contributed by atoms with Crippen molar-refractivity contribution >= 4 is 17.5 Å². The van der Waals surface area contributed by atoms with Crippen molar-refractivity contribution in [3.63, 3.8) is 0 Å². The molecule has 1 aromatic rings. The predicted octanol–water partition coefficient (Wildman–Crippen LogP) is 2.50. The minimum Gasteiger partial charge on any atom is -0.384 e. The first-order chi connectivity index (χ1) is 12.5. The highest BCUT2D eigenvalue weighted by atomic mass is 19.1. The van der Waals surface area contributed by atoms with Crippen LogP contribution in [-0.2, 0) is 9.53 Å². The molecule has 26 heavy (non-hydrogen) atoms. The molecule has 0 aliphatic carbocycles. The van der Waals surface area contributed by atoms with Crippen LogP contribution in [0.1, 0.15) is 36.0 Å². The van der Waals surface area contributed by atoms with Crippen molar-refractivity contribution in [2.24, 2.45) is 10.2 Å². The average Bonchev–Trinajstić information content (AvgIpc) is 3.39. The number of amides is 2. The molecule has 1 heterocycles. The molecule has 138 valence electrons. The van der Waals surface area contributed by atoms with Crippen molar-refractivity contribution in [1.29, 1.82) is 0 Å². The Morgan fingerprint density at radius 1 is 1.35 bits per heavy atom. The topological polar surface area (TPSA) is 92.2 Å². The van der Waals surface area contributed by atoms with Crippen LogP contribution in [0.25, 0.3) is 0 Å². The summed E-state index contributed by atoms with van der Waals surface area (Å²) in [7, 11) is 1.48. The lowest BCUT2D eigenvalue weighted by molar-refractivity contribution is -0.117.